The van der Waals surface area contributed by atoms with Crippen LogP contribution in [0.4, 0.5) is 13.2 Å². The first kappa shape index (κ1) is 13.2. The van der Waals surface area contributed by atoms with Crippen molar-refractivity contribution in [1.29, 1.82) is 0 Å². The van der Waals surface area contributed by atoms with Crippen molar-refractivity contribution in [3.05, 3.63) is 0 Å². The largest absolute Gasteiger partial charge is 0.417 e. The van der Waals surface area contributed by atoms with Crippen LogP contribution in [0.5, 0.6) is 0 Å². The number of nitrogens with two attached hydrogens (primary N) is 1. The average Bonchev–Trinajstić information content (AvgIpc) is 2.16. The molecule has 1 heterocycles. The zero-order valence-corrected chi connectivity index (χ0v) is 8.92. The maximum Gasteiger partial charge on any atom is 0.417 e. The molecule has 1 rings (SSSR count). The zero-order valence-electron chi connectivity index (χ0n) is 8.92. The molecule has 0 aromatic heterocycles. The minimum Gasteiger partial charge on any atom is -0.380 e. The minimum atomic E-state index is -4.64. The first-order valence-corrected chi connectivity index (χ1v) is 5.01. The summed E-state index contributed by atoms with van der Waals surface area (Å²) in [4.78, 5) is 12.7. The first-order valence-electron chi connectivity index (χ1n) is 5.01. The van der Waals surface area contributed by atoms with E-state index in [2.05, 4.69) is 0 Å². The van der Waals surface area contributed by atoms with Crippen molar-refractivity contribution in [2.75, 3.05) is 13.1 Å². The maximum absolute atomic E-state index is 12.4. The van der Waals surface area contributed by atoms with Gasteiger partial charge in [0, 0.05) is 25.9 Å². The highest BCUT2D eigenvalue weighted by Crippen LogP contribution is 2.38. The predicted octanol–water partition coefficient (Wildman–Crippen LogP) is 0.249. The molecule has 0 aliphatic carbocycles. The number of rotatable bonds is 1. The number of alkyl halides is 3. The van der Waals surface area contributed by atoms with Gasteiger partial charge in [-0.3, -0.25) is 4.79 Å². The second-order valence-corrected chi connectivity index (χ2v) is 4.14. The number of aliphatic hydroxyl groups is 1. The Morgan fingerprint density at radius 2 is 1.88 bits per heavy atom. The van der Waals surface area contributed by atoms with E-state index in [1.54, 1.807) is 0 Å². The van der Waals surface area contributed by atoms with Gasteiger partial charge in [-0.1, -0.05) is 0 Å². The number of carbonyl (C=O) groups is 1. The second kappa shape index (κ2) is 4.21. The molecule has 1 aliphatic heterocycles. The summed E-state index contributed by atoms with van der Waals surface area (Å²) in [5.41, 5.74) is 2.68. The molecule has 7 heteroatoms. The molecule has 0 aromatic rings. The standard InChI is InChI=1S/C9H15F3N2O2/c1-6(13)7(15)14-4-2-8(16,3-5-14)9(10,11)12/h6,16H,2-5,13H2,1H3/t6-/m1/s1. The lowest BCUT2D eigenvalue weighted by atomic mass is 9.90. The Morgan fingerprint density at radius 1 is 1.44 bits per heavy atom. The summed E-state index contributed by atoms with van der Waals surface area (Å²) in [7, 11) is 0. The number of hydrogen-bond acceptors (Lipinski definition) is 3. The number of nitrogens with zero attached hydrogens (tertiary/aromatic N) is 1. The van der Waals surface area contributed by atoms with Gasteiger partial charge < -0.3 is 15.7 Å². The molecule has 1 atom stereocenters. The fraction of sp³-hybridized carbons (Fsp3) is 0.889. The molecule has 94 valence electrons. The van der Waals surface area contributed by atoms with E-state index < -0.39 is 30.7 Å². The van der Waals surface area contributed by atoms with Crippen LogP contribution in [0.1, 0.15) is 19.8 Å². The maximum atomic E-state index is 12.4. The van der Waals surface area contributed by atoms with Gasteiger partial charge in [0.2, 0.25) is 5.91 Å². The number of carbonyl (C=O) groups excluding carboxylic acids is 1. The van der Waals surface area contributed by atoms with E-state index in [0.29, 0.717) is 0 Å². The van der Waals surface area contributed by atoms with Crippen molar-refractivity contribution in [1.82, 2.24) is 4.90 Å². The molecule has 0 aromatic carbocycles. The smallest absolute Gasteiger partial charge is 0.380 e. The topological polar surface area (TPSA) is 66.6 Å². The molecule has 4 nitrogen and oxygen atoms in total. The van der Waals surface area contributed by atoms with Crippen molar-refractivity contribution < 1.29 is 23.1 Å². The van der Waals surface area contributed by atoms with Gasteiger partial charge in [-0.2, -0.15) is 13.2 Å². The van der Waals surface area contributed by atoms with E-state index in [1.807, 2.05) is 0 Å². The van der Waals surface area contributed by atoms with Crippen molar-refractivity contribution in [3.8, 4) is 0 Å². The Hall–Kier alpha value is -0.820. The lowest BCUT2D eigenvalue weighted by molar-refractivity contribution is -0.272. The van der Waals surface area contributed by atoms with Crippen LogP contribution < -0.4 is 5.73 Å². The van der Waals surface area contributed by atoms with E-state index in [4.69, 9.17) is 5.73 Å². The van der Waals surface area contributed by atoms with Crippen LogP contribution in [0.2, 0.25) is 0 Å². The number of hydrogen-bond donors (Lipinski definition) is 2. The Labute approximate surface area is 91.2 Å². The molecule has 1 aliphatic rings. The normalized spacial score (nSPS) is 23.0. The molecule has 0 spiro atoms. The van der Waals surface area contributed by atoms with Crippen molar-refractivity contribution in [2.45, 2.75) is 37.6 Å². The minimum absolute atomic E-state index is 0.115. The van der Waals surface area contributed by atoms with Crippen molar-refractivity contribution in [3.63, 3.8) is 0 Å². The summed E-state index contributed by atoms with van der Waals surface area (Å²) in [6.45, 7) is 1.25. The van der Waals surface area contributed by atoms with Gasteiger partial charge in [0.1, 0.15) is 0 Å². The molecule has 1 amide bonds. The Morgan fingerprint density at radius 3 is 2.19 bits per heavy atom. The molecule has 0 saturated carbocycles. The van der Waals surface area contributed by atoms with Crippen LogP contribution >= 0.6 is 0 Å². The fourth-order valence-electron chi connectivity index (χ4n) is 1.67. The van der Waals surface area contributed by atoms with Gasteiger partial charge in [0.05, 0.1) is 6.04 Å². The molecule has 3 N–H and O–H groups in total. The van der Waals surface area contributed by atoms with Crippen LogP contribution in [0.25, 0.3) is 0 Å². The van der Waals surface area contributed by atoms with Gasteiger partial charge >= 0.3 is 6.18 Å². The Balaban J connectivity index is 2.61. The van der Waals surface area contributed by atoms with E-state index in [0.717, 1.165) is 0 Å². The number of halogens is 3. The number of amides is 1. The first-order chi connectivity index (χ1) is 7.17. The van der Waals surface area contributed by atoms with Gasteiger partial charge in [0.25, 0.3) is 0 Å². The van der Waals surface area contributed by atoms with E-state index in [9.17, 15) is 23.1 Å². The van der Waals surface area contributed by atoms with Crippen LogP contribution in [-0.4, -0.2) is 46.8 Å². The summed E-state index contributed by atoms with van der Waals surface area (Å²) in [6, 6.07) is -0.725. The van der Waals surface area contributed by atoms with Crippen molar-refractivity contribution in [2.24, 2.45) is 5.73 Å². The summed E-state index contributed by atoms with van der Waals surface area (Å²) in [5.74, 6) is -0.385. The number of likely N-dealkylation sites (tertiary alicyclic amines) is 1. The lowest BCUT2D eigenvalue weighted by Crippen LogP contribution is -2.56. The lowest BCUT2D eigenvalue weighted by Gasteiger charge is -2.39. The molecular formula is C9H15F3N2O2. The van der Waals surface area contributed by atoms with E-state index in [-0.39, 0.29) is 19.0 Å². The highest BCUT2D eigenvalue weighted by atomic mass is 19.4. The van der Waals surface area contributed by atoms with Crippen LogP contribution in [0.3, 0.4) is 0 Å². The molecule has 0 bridgehead atoms. The highest BCUT2D eigenvalue weighted by molar-refractivity contribution is 5.81. The van der Waals surface area contributed by atoms with E-state index >= 15 is 0 Å². The van der Waals surface area contributed by atoms with Gasteiger partial charge in [0.15, 0.2) is 5.60 Å². The molecule has 1 fully saturated rings. The third-order valence-corrected chi connectivity index (χ3v) is 2.82. The summed E-state index contributed by atoms with van der Waals surface area (Å²) < 4.78 is 37.3. The summed E-state index contributed by atoms with van der Waals surface area (Å²) in [6.07, 6.45) is -5.62. The van der Waals surface area contributed by atoms with E-state index in [1.165, 1.54) is 11.8 Å². The number of piperidine rings is 1. The molecular weight excluding hydrogens is 225 g/mol. The van der Waals surface area contributed by atoms with Gasteiger partial charge in [-0.05, 0) is 6.92 Å². The Kier molecular flexibility index (Phi) is 3.49. The van der Waals surface area contributed by atoms with Gasteiger partial charge in [-0.15, -0.1) is 0 Å². The fourth-order valence-corrected chi connectivity index (χ4v) is 1.67. The van der Waals surface area contributed by atoms with Crippen molar-refractivity contribution >= 4 is 5.91 Å². The SMILES string of the molecule is C[C@@H](N)C(=O)N1CCC(O)(C(F)(F)F)CC1. The molecule has 0 unspecified atom stereocenters. The molecule has 0 radical (unpaired) electrons. The van der Waals surface area contributed by atoms with Crippen LogP contribution in [-0.2, 0) is 4.79 Å². The Bertz CT molecular complexity index is 270. The van der Waals surface area contributed by atoms with Crippen LogP contribution in [0, 0.1) is 0 Å². The molecule has 16 heavy (non-hydrogen) atoms. The molecule has 1 saturated heterocycles. The van der Waals surface area contributed by atoms with Crippen LogP contribution in [0.15, 0.2) is 0 Å². The highest BCUT2D eigenvalue weighted by Gasteiger charge is 2.54. The summed E-state index contributed by atoms with van der Waals surface area (Å²) >= 11 is 0. The third kappa shape index (κ3) is 2.46. The third-order valence-electron chi connectivity index (χ3n) is 2.82. The predicted molar refractivity (Wildman–Crippen MR) is 50.5 cm³/mol. The van der Waals surface area contributed by atoms with Gasteiger partial charge in [-0.25, -0.2) is 0 Å². The quantitative estimate of drug-likeness (QED) is 0.690. The second-order valence-electron chi connectivity index (χ2n) is 4.14. The average molecular weight is 240 g/mol. The zero-order chi connectivity index (χ0) is 12.6. The monoisotopic (exact) mass is 240 g/mol. The summed E-state index contributed by atoms with van der Waals surface area (Å²) in [5, 5.41) is 9.35.